The SMILES string of the molecule is Cc1ccc([C@@H](OC[C@@H](O)Cn2c(=O)n(C)c3ccccc32)c2ccccc2)cc1. The number of hydrogen-bond acceptors (Lipinski definition) is 3. The van der Waals surface area contributed by atoms with Crippen LogP contribution in [0.3, 0.4) is 0 Å². The maximum Gasteiger partial charge on any atom is 0.328 e. The molecule has 3 aromatic carbocycles. The van der Waals surface area contributed by atoms with Crippen LogP contribution in [0.25, 0.3) is 11.0 Å². The van der Waals surface area contributed by atoms with E-state index in [1.165, 1.54) is 5.56 Å². The van der Waals surface area contributed by atoms with Crippen molar-refractivity contribution in [2.75, 3.05) is 6.61 Å². The van der Waals surface area contributed by atoms with Crippen LogP contribution >= 0.6 is 0 Å². The molecule has 0 aliphatic heterocycles. The van der Waals surface area contributed by atoms with Gasteiger partial charge in [0, 0.05) is 7.05 Å². The summed E-state index contributed by atoms with van der Waals surface area (Å²) >= 11 is 0. The number of aryl methyl sites for hydroxylation is 2. The highest BCUT2D eigenvalue weighted by molar-refractivity contribution is 5.75. The van der Waals surface area contributed by atoms with Gasteiger partial charge in [0.1, 0.15) is 6.10 Å². The number of aliphatic hydroxyl groups excluding tert-OH is 1. The van der Waals surface area contributed by atoms with Crippen LogP contribution in [0.4, 0.5) is 0 Å². The first-order valence-electron chi connectivity index (χ1n) is 10.1. The van der Waals surface area contributed by atoms with Crippen LogP contribution in [0.5, 0.6) is 0 Å². The quantitative estimate of drug-likeness (QED) is 0.511. The minimum absolute atomic E-state index is 0.114. The van der Waals surface area contributed by atoms with Crippen LogP contribution < -0.4 is 5.69 Å². The molecule has 0 amide bonds. The maximum atomic E-state index is 12.6. The molecule has 5 nitrogen and oxygen atoms in total. The van der Waals surface area contributed by atoms with Gasteiger partial charge < -0.3 is 9.84 Å². The van der Waals surface area contributed by atoms with Gasteiger partial charge in [0.05, 0.1) is 30.3 Å². The lowest BCUT2D eigenvalue weighted by molar-refractivity contribution is -0.000531. The standard InChI is InChI=1S/C25H26N2O3/c1-18-12-14-20(15-13-18)24(19-8-4-3-5-9-19)30-17-21(28)16-27-23-11-7-6-10-22(23)26(2)25(27)29/h3-15,21,24,28H,16-17H2,1-2H3/t21-,24-/m0/s1. The second-order valence-electron chi connectivity index (χ2n) is 7.63. The molecule has 0 unspecified atom stereocenters. The third-order valence-electron chi connectivity index (χ3n) is 5.38. The van der Waals surface area contributed by atoms with E-state index in [0.29, 0.717) is 0 Å². The highest BCUT2D eigenvalue weighted by Crippen LogP contribution is 2.26. The lowest BCUT2D eigenvalue weighted by Gasteiger charge is -2.21. The minimum atomic E-state index is -0.815. The van der Waals surface area contributed by atoms with Crippen molar-refractivity contribution in [3.05, 3.63) is 106 Å². The molecule has 0 bridgehead atoms. The van der Waals surface area contributed by atoms with E-state index in [-0.39, 0.29) is 24.9 Å². The summed E-state index contributed by atoms with van der Waals surface area (Å²) in [6.07, 6.45) is -1.10. The van der Waals surface area contributed by atoms with Crippen LogP contribution in [0.2, 0.25) is 0 Å². The van der Waals surface area contributed by atoms with Gasteiger partial charge in [-0.05, 0) is 30.2 Å². The van der Waals surface area contributed by atoms with E-state index in [9.17, 15) is 9.90 Å². The molecule has 1 aromatic heterocycles. The Kier molecular flexibility index (Phi) is 5.84. The molecule has 1 heterocycles. The Morgan fingerprint density at radius 3 is 2.17 bits per heavy atom. The summed E-state index contributed by atoms with van der Waals surface area (Å²) in [5.41, 5.74) is 4.74. The molecule has 2 atom stereocenters. The lowest BCUT2D eigenvalue weighted by atomic mass is 10.0. The predicted molar refractivity (Wildman–Crippen MR) is 119 cm³/mol. The smallest absolute Gasteiger partial charge is 0.328 e. The summed E-state index contributed by atoms with van der Waals surface area (Å²) in [7, 11) is 1.74. The summed E-state index contributed by atoms with van der Waals surface area (Å²) in [4.78, 5) is 12.6. The number of ether oxygens (including phenoxy) is 1. The van der Waals surface area contributed by atoms with Gasteiger partial charge in [-0.15, -0.1) is 0 Å². The average Bonchev–Trinajstić information content (AvgIpc) is 3.01. The van der Waals surface area contributed by atoms with Gasteiger partial charge in [0.25, 0.3) is 0 Å². The molecule has 0 saturated heterocycles. The van der Waals surface area contributed by atoms with Crippen molar-refractivity contribution in [2.45, 2.75) is 25.7 Å². The van der Waals surface area contributed by atoms with Gasteiger partial charge in [-0.3, -0.25) is 9.13 Å². The molecule has 0 aliphatic carbocycles. The molecule has 0 fully saturated rings. The Morgan fingerprint density at radius 2 is 1.47 bits per heavy atom. The van der Waals surface area contributed by atoms with Gasteiger partial charge in [-0.25, -0.2) is 4.79 Å². The Hall–Kier alpha value is -3.15. The van der Waals surface area contributed by atoms with E-state index in [0.717, 1.165) is 22.2 Å². The molecule has 1 N–H and O–H groups in total. The minimum Gasteiger partial charge on any atom is -0.389 e. The number of rotatable bonds is 7. The van der Waals surface area contributed by atoms with Gasteiger partial charge >= 0.3 is 5.69 Å². The molecular formula is C25H26N2O3. The first-order chi connectivity index (χ1) is 14.5. The van der Waals surface area contributed by atoms with Crippen LogP contribution in [-0.4, -0.2) is 27.0 Å². The topological polar surface area (TPSA) is 56.4 Å². The lowest BCUT2D eigenvalue weighted by Crippen LogP contribution is -2.30. The molecule has 0 aliphatic rings. The van der Waals surface area contributed by atoms with E-state index in [1.807, 2.05) is 61.5 Å². The number of benzene rings is 3. The number of imidazole rings is 1. The van der Waals surface area contributed by atoms with E-state index in [2.05, 4.69) is 24.3 Å². The Labute approximate surface area is 175 Å². The Morgan fingerprint density at radius 1 is 0.867 bits per heavy atom. The molecule has 0 saturated carbocycles. The van der Waals surface area contributed by atoms with Crippen molar-refractivity contribution in [2.24, 2.45) is 7.05 Å². The van der Waals surface area contributed by atoms with Crippen LogP contribution in [0.15, 0.2) is 83.7 Å². The molecule has 154 valence electrons. The van der Waals surface area contributed by atoms with Crippen molar-refractivity contribution in [3.8, 4) is 0 Å². The number of fused-ring (bicyclic) bond motifs is 1. The molecule has 30 heavy (non-hydrogen) atoms. The Balaban J connectivity index is 1.54. The third kappa shape index (κ3) is 4.08. The summed E-state index contributed by atoms with van der Waals surface area (Å²) < 4.78 is 9.38. The summed E-state index contributed by atoms with van der Waals surface area (Å²) in [5.74, 6) is 0. The monoisotopic (exact) mass is 402 g/mol. The van der Waals surface area contributed by atoms with Crippen molar-refractivity contribution < 1.29 is 9.84 Å². The van der Waals surface area contributed by atoms with Crippen molar-refractivity contribution >= 4 is 11.0 Å². The number of nitrogens with zero attached hydrogens (tertiary/aromatic N) is 2. The van der Waals surface area contributed by atoms with Crippen molar-refractivity contribution in [3.63, 3.8) is 0 Å². The van der Waals surface area contributed by atoms with E-state index in [4.69, 9.17) is 4.74 Å². The van der Waals surface area contributed by atoms with Gasteiger partial charge in [-0.2, -0.15) is 0 Å². The van der Waals surface area contributed by atoms with E-state index in [1.54, 1.807) is 16.2 Å². The van der Waals surface area contributed by atoms with Crippen LogP contribution in [0, 0.1) is 6.92 Å². The number of aromatic nitrogens is 2. The van der Waals surface area contributed by atoms with Crippen molar-refractivity contribution in [1.29, 1.82) is 0 Å². The normalized spacial score (nSPS) is 13.4. The molecule has 5 heteroatoms. The van der Waals surface area contributed by atoms with Gasteiger partial charge in [-0.1, -0.05) is 72.3 Å². The number of aliphatic hydroxyl groups is 1. The van der Waals surface area contributed by atoms with Gasteiger partial charge in [0.15, 0.2) is 0 Å². The zero-order chi connectivity index (χ0) is 21.1. The second-order valence-corrected chi connectivity index (χ2v) is 7.63. The first-order valence-corrected chi connectivity index (χ1v) is 10.1. The summed E-state index contributed by atoms with van der Waals surface area (Å²) in [6, 6.07) is 25.8. The third-order valence-corrected chi connectivity index (χ3v) is 5.38. The second kappa shape index (κ2) is 8.69. The van der Waals surface area contributed by atoms with E-state index < -0.39 is 6.10 Å². The molecule has 4 rings (SSSR count). The van der Waals surface area contributed by atoms with Crippen LogP contribution in [0.1, 0.15) is 22.8 Å². The largest absolute Gasteiger partial charge is 0.389 e. The molecule has 0 radical (unpaired) electrons. The Bertz CT molecular complexity index is 1180. The highest BCUT2D eigenvalue weighted by atomic mass is 16.5. The highest BCUT2D eigenvalue weighted by Gasteiger charge is 2.19. The van der Waals surface area contributed by atoms with Gasteiger partial charge in [0.2, 0.25) is 0 Å². The number of hydrogen-bond donors (Lipinski definition) is 1. The zero-order valence-electron chi connectivity index (χ0n) is 17.2. The fraction of sp³-hybridized carbons (Fsp3) is 0.240. The fourth-order valence-electron chi connectivity index (χ4n) is 3.76. The summed E-state index contributed by atoms with van der Waals surface area (Å²) in [6.45, 7) is 2.34. The first kappa shape index (κ1) is 20.1. The molecular weight excluding hydrogens is 376 g/mol. The van der Waals surface area contributed by atoms with Crippen molar-refractivity contribution in [1.82, 2.24) is 9.13 Å². The molecule has 4 aromatic rings. The summed E-state index contributed by atoms with van der Waals surface area (Å²) in [5, 5.41) is 10.7. The maximum absolute atomic E-state index is 12.6. The fourth-order valence-corrected chi connectivity index (χ4v) is 3.76. The molecule has 0 spiro atoms. The van der Waals surface area contributed by atoms with E-state index >= 15 is 0 Å². The predicted octanol–water partition coefficient (Wildman–Crippen LogP) is 3.82. The number of para-hydroxylation sites is 2. The zero-order valence-corrected chi connectivity index (χ0v) is 17.2. The average molecular weight is 402 g/mol. The van der Waals surface area contributed by atoms with Crippen LogP contribution in [-0.2, 0) is 18.3 Å².